The molecule has 1 N–H and O–H groups in total. The Bertz CT molecular complexity index is 1960. The number of nitrogens with one attached hydrogen (secondary N) is 1. The van der Waals surface area contributed by atoms with Crippen LogP contribution in [0.25, 0.3) is 44.3 Å². The lowest BCUT2D eigenvalue weighted by Gasteiger charge is -2.21. The fourth-order valence-corrected chi connectivity index (χ4v) is 4.59. The normalized spacial score (nSPS) is 11.7. The van der Waals surface area contributed by atoms with E-state index >= 15 is 26.3 Å². The van der Waals surface area contributed by atoms with Crippen LogP contribution in [-0.2, 0) is 0 Å². The van der Waals surface area contributed by atoms with Crippen LogP contribution in [0.2, 0.25) is 0 Å². The standard InChI is InChI=1S/C27H5F15N/c1-4-3-43-6-2-5(9-13(28)19(34)25(40)20(35)14(9)29)8(11-15(30)21(36)26(41)22(37)16(11)31)10(7(4)6)12-17(32)23(38)27(42)24(39)18(12)33/h2,43H,1H3. The van der Waals surface area contributed by atoms with Gasteiger partial charge in [-0.15, -0.1) is 0 Å². The number of H-pyrrole nitrogens is 1. The number of benzene rings is 4. The van der Waals surface area contributed by atoms with E-state index in [2.05, 4.69) is 11.2 Å². The second-order valence-electron chi connectivity index (χ2n) is 8.81. The Hall–Kier alpha value is -4.63. The summed E-state index contributed by atoms with van der Waals surface area (Å²) < 4.78 is 218. The minimum absolute atomic E-state index is 0.319. The highest BCUT2D eigenvalue weighted by Gasteiger charge is 2.37. The van der Waals surface area contributed by atoms with Gasteiger partial charge in [0.25, 0.3) is 0 Å². The third kappa shape index (κ3) is 3.98. The maximum absolute atomic E-state index is 15.2. The van der Waals surface area contributed by atoms with Crippen molar-refractivity contribution in [3.63, 3.8) is 0 Å². The summed E-state index contributed by atoms with van der Waals surface area (Å²) in [5.74, 6) is -41.4. The number of hydrogen-bond acceptors (Lipinski definition) is 0. The zero-order chi connectivity index (χ0) is 32.0. The topological polar surface area (TPSA) is 15.8 Å². The van der Waals surface area contributed by atoms with Gasteiger partial charge in [0.05, 0.1) is 22.9 Å². The molecule has 1 radical (unpaired) electrons. The number of aromatic nitrogens is 1. The van der Waals surface area contributed by atoms with Gasteiger partial charge in [-0.25, -0.2) is 65.9 Å². The van der Waals surface area contributed by atoms with E-state index in [1.165, 1.54) is 0 Å². The first kappa shape index (κ1) is 29.8. The second kappa shape index (κ2) is 9.98. The van der Waals surface area contributed by atoms with Crippen molar-refractivity contribution < 1.29 is 65.9 Å². The first-order chi connectivity index (χ1) is 20.0. The molecule has 0 aliphatic carbocycles. The maximum Gasteiger partial charge on any atom is 0.200 e. The molecule has 1 nitrogen and oxygen atoms in total. The Morgan fingerprint density at radius 3 is 1.07 bits per heavy atom. The summed E-state index contributed by atoms with van der Waals surface area (Å²) in [6.07, 6.45) is 2.22. The maximum atomic E-state index is 15.2. The molecule has 1 aromatic heterocycles. The van der Waals surface area contributed by atoms with E-state index < -0.39 is 137 Å². The number of fused-ring (bicyclic) bond motifs is 1. The summed E-state index contributed by atoms with van der Waals surface area (Å²) in [4.78, 5) is 2.17. The van der Waals surface area contributed by atoms with Gasteiger partial charge in [0.2, 0.25) is 17.5 Å². The molecule has 0 bridgehead atoms. The van der Waals surface area contributed by atoms with Crippen molar-refractivity contribution in [2.24, 2.45) is 0 Å². The van der Waals surface area contributed by atoms with E-state index in [4.69, 9.17) is 0 Å². The number of hydrogen-bond donors (Lipinski definition) is 1. The van der Waals surface area contributed by atoms with Crippen molar-refractivity contribution in [2.45, 2.75) is 6.92 Å². The van der Waals surface area contributed by atoms with Crippen molar-refractivity contribution in [2.75, 3.05) is 0 Å². The van der Waals surface area contributed by atoms with Crippen molar-refractivity contribution in [3.8, 4) is 33.4 Å². The Kier molecular flexibility index (Phi) is 6.93. The van der Waals surface area contributed by atoms with Gasteiger partial charge in [0.15, 0.2) is 69.8 Å². The van der Waals surface area contributed by atoms with Crippen LogP contribution in [0, 0.1) is 100 Å². The van der Waals surface area contributed by atoms with Gasteiger partial charge in [-0.1, -0.05) is 0 Å². The van der Waals surface area contributed by atoms with Crippen LogP contribution >= 0.6 is 0 Å². The minimum atomic E-state index is -2.85. The van der Waals surface area contributed by atoms with E-state index in [1.54, 1.807) is 0 Å². The first-order valence-corrected chi connectivity index (χ1v) is 11.2. The predicted molar refractivity (Wildman–Crippen MR) is 118 cm³/mol. The molecule has 5 rings (SSSR count). The van der Waals surface area contributed by atoms with Gasteiger partial charge in [0.1, 0.15) is 0 Å². The third-order valence-electron chi connectivity index (χ3n) is 6.49. The zero-order valence-corrected chi connectivity index (χ0v) is 20.2. The van der Waals surface area contributed by atoms with Gasteiger partial charge in [-0.3, -0.25) is 0 Å². The zero-order valence-electron chi connectivity index (χ0n) is 20.2. The molecule has 0 aliphatic heterocycles. The molecule has 223 valence electrons. The highest BCUT2D eigenvalue weighted by molar-refractivity contribution is 6.10. The number of aryl methyl sites for hydroxylation is 1. The third-order valence-corrected chi connectivity index (χ3v) is 6.49. The summed E-state index contributed by atoms with van der Waals surface area (Å²) in [5.41, 5.74) is -12.9. The molecule has 0 saturated heterocycles. The summed E-state index contributed by atoms with van der Waals surface area (Å²) in [6, 6.07) is 0.319. The molecule has 5 aromatic rings. The fraction of sp³-hybridized carbons (Fsp3) is 0.0370. The number of aromatic amines is 1. The molecule has 1 heterocycles. The van der Waals surface area contributed by atoms with Crippen LogP contribution in [-0.4, -0.2) is 4.98 Å². The molecular weight excluding hydrogens is 623 g/mol. The summed E-state index contributed by atoms with van der Waals surface area (Å²) in [6.45, 7) is 0.995. The van der Waals surface area contributed by atoms with Gasteiger partial charge in [-0.2, -0.15) is 0 Å². The summed E-state index contributed by atoms with van der Waals surface area (Å²) in [5, 5.41) is -0.824. The van der Waals surface area contributed by atoms with Crippen LogP contribution in [0.3, 0.4) is 0 Å². The van der Waals surface area contributed by atoms with Gasteiger partial charge < -0.3 is 4.98 Å². The van der Waals surface area contributed by atoms with E-state index in [1.807, 2.05) is 0 Å². The fourth-order valence-electron chi connectivity index (χ4n) is 4.59. The Morgan fingerprint density at radius 1 is 0.395 bits per heavy atom. The van der Waals surface area contributed by atoms with Crippen LogP contribution < -0.4 is 0 Å². The smallest absolute Gasteiger partial charge is 0.200 e. The van der Waals surface area contributed by atoms with Gasteiger partial charge in [-0.05, 0) is 24.1 Å². The van der Waals surface area contributed by atoms with Crippen molar-refractivity contribution in [1.82, 2.24) is 4.98 Å². The SMILES string of the molecule is Cc1[c][nH]c2cc(-c3c(F)c(F)c(F)c(F)c3F)c(-c3c(F)c(F)c(F)c(F)c3F)c(-c3c(F)c(F)c(F)c(F)c3F)c12. The van der Waals surface area contributed by atoms with Crippen molar-refractivity contribution in [3.05, 3.63) is 105 Å². The highest BCUT2D eigenvalue weighted by Crippen LogP contribution is 2.51. The molecule has 0 spiro atoms. The summed E-state index contributed by atoms with van der Waals surface area (Å²) in [7, 11) is 0. The molecule has 0 aliphatic rings. The summed E-state index contributed by atoms with van der Waals surface area (Å²) >= 11 is 0. The van der Waals surface area contributed by atoms with E-state index in [9.17, 15) is 39.5 Å². The van der Waals surface area contributed by atoms with Crippen LogP contribution in [0.5, 0.6) is 0 Å². The molecule has 0 saturated carbocycles. The molecule has 16 heteroatoms. The molecule has 4 aromatic carbocycles. The first-order valence-electron chi connectivity index (χ1n) is 11.2. The lowest BCUT2D eigenvalue weighted by atomic mass is 9.83. The molecule has 0 unspecified atom stereocenters. The van der Waals surface area contributed by atoms with E-state index in [0.717, 1.165) is 6.92 Å². The Balaban J connectivity index is 2.21. The largest absolute Gasteiger partial charge is 0.353 e. The quantitative estimate of drug-likeness (QED) is 0.117. The number of rotatable bonds is 3. The lowest BCUT2D eigenvalue weighted by molar-refractivity contribution is 0.380. The van der Waals surface area contributed by atoms with Crippen molar-refractivity contribution >= 4 is 10.9 Å². The van der Waals surface area contributed by atoms with Gasteiger partial charge in [0, 0.05) is 22.0 Å². The van der Waals surface area contributed by atoms with Crippen LogP contribution in [0.15, 0.2) is 6.07 Å². The van der Waals surface area contributed by atoms with E-state index in [0.29, 0.717) is 6.07 Å². The van der Waals surface area contributed by atoms with Crippen LogP contribution in [0.1, 0.15) is 5.56 Å². The molecule has 0 fully saturated rings. The Morgan fingerprint density at radius 2 is 0.698 bits per heavy atom. The van der Waals surface area contributed by atoms with Crippen molar-refractivity contribution in [1.29, 1.82) is 0 Å². The second-order valence-corrected chi connectivity index (χ2v) is 8.81. The highest BCUT2D eigenvalue weighted by atomic mass is 19.2. The lowest BCUT2D eigenvalue weighted by Crippen LogP contribution is -2.10. The van der Waals surface area contributed by atoms with Crippen LogP contribution in [0.4, 0.5) is 65.9 Å². The number of halogens is 15. The predicted octanol–water partition coefficient (Wildman–Crippen LogP) is 9.36. The average Bonchev–Trinajstić information content (AvgIpc) is 3.35. The molecule has 0 atom stereocenters. The molecule has 43 heavy (non-hydrogen) atoms. The van der Waals surface area contributed by atoms with E-state index in [-0.39, 0.29) is 0 Å². The van der Waals surface area contributed by atoms with Gasteiger partial charge >= 0.3 is 0 Å². The monoisotopic (exact) mass is 628 g/mol. The molecular formula is C27H5F15N. The molecule has 0 amide bonds. The average molecular weight is 628 g/mol. The minimum Gasteiger partial charge on any atom is -0.353 e. The Labute approximate surface area is 227 Å².